The molecule has 152 valence electrons. The van der Waals surface area contributed by atoms with E-state index in [1.807, 2.05) is 12.1 Å². The van der Waals surface area contributed by atoms with Crippen molar-refractivity contribution in [3.63, 3.8) is 0 Å². The van der Waals surface area contributed by atoms with Gasteiger partial charge < -0.3 is 16.0 Å². The highest BCUT2D eigenvalue weighted by Gasteiger charge is 2.23. The first-order valence-electron chi connectivity index (χ1n) is 10.1. The van der Waals surface area contributed by atoms with E-state index >= 15 is 0 Å². The summed E-state index contributed by atoms with van der Waals surface area (Å²) >= 11 is 3.45. The lowest BCUT2D eigenvalue weighted by Crippen LogP contribution is -2.04. The molecule has 1 aliphatic rings. The maximum atomic E-state index is 5.99. The third kappa shape index (κ3) is 3.33. The molecule has 4 aromatic rings. The Morgan fingerprint density at radius 3 is 2.90 bits per heavy atom. The molecule has 1 aromatic carbocycles. The summed E-state index contributed by atoms with van der Waals surface area (Å²) < 4.78 is 3.05. The Hall–Kier alpha value is -2.93. The number of halogens is 1. The van der Waals surface area contributed by atoms with Crippen molar-refractivity contribution >= 4 is 49.5 Å². The number of aromatic nitrogens is 4. The van der Waals surface area contributed by atoms with Crippen LogP contribution in [0.25, 0.3) is 21.9 Å². The lowest BCUT2D eigenvalue weighted by Gasteiger charge is -2.13. The van der Waals surface area contributed by atoms with Gasteiger partial charge in [-0.25, -0.2) is 15.0 Å². The minimum atomic E-state index is 0.310. The van der Waals surface area contributed by atoms with E-state index in [0.29, 0.717) is 23.6 Å². The first-order chi connectivity index (χ1) is 14.5. The summed E-state index contributed by atoms with van der Waals surface area (Å²) in [5.41, 5.74) is 16.6. The van der Waals surface area contributed by atoms with Gasteiger partial charge in [0.1, 0.15) is 23.6 Å². The second kappa shape index (κ2) is 7.40. The molecule has 3 heterocycles. The van der Waals surface area contributed by atoms with Gasteiger partial charge in [0.15, 0.2) is 0 Å². The lowest BCUT2D eigenvalue weighted by atomic mass is 9.92. The monoisotopic (exact) mass is 462 g/mol. The van der Waals surface area contributed by atoms with E-state index in [1.54, 1.807) is 0 Å². The molecule has 1 aliphatic carbocycles. The van der Waals surface area contributed by atoms with Crippen LogP contribution in [0.15, 0.2) is 59.0 Å². The summed E-state index contributed by atoms with van der Waals surface area (Å²) in [5, 5.41) is 2.01. The number of anilines is 2. The van der Waals surface area contributed by atoms with Crippen molar-refractivity contribution in [1.82, 2.24) is 19.5 Å². The zero-order valence-electron chi connectivity index (χ0n) is 16.7. The maximum Gasteiger partial charge on any atom is 0.146 e. The molecule has 0 saturated carbocycles. The third-order valence-electron chi connectivity index (χ3n) is 6.07. The van der Waals surface area contributed by atoms with Gasteiger partial charge in [-0.2, -0.15) is 0 Å². The molecule has 2 unspecified atom stereocenters. The summed E-state index contributed by atoms with van der Waals surface area (Å²) in [4.78, 5) is 13.1. The van der Waals surface area contributed by atoms with E-state index in [1.165, 1.54) is 17.5 Å². The van der Waals surface area contributed by atoms with E-state index < -0.39 is 0 Å². The molecule has 5 rings (SSSR count). The highest BCUT2D eigenvalue weighted by atomic mass is 79.9. The van der Waals surface area contributed by atoms with Crippen molar-refractivity contribution in [3.8, 4) is 0 Å². The highest BCUT2D eigenvalue weighted by Crippen LogP contribution is 2.36. The van der Waals surface area contributed by atoms with Gasteiger partial charge in [-0.15, -0.1) is 0 Å². The zero-order valence-corrected chi connectivity index (χ0v) is 18.3. The average Bonchev–Trinajstić information content (AvgIpc) is 3.37. The summed E-state index contributed by atoms with van der Waals surface area (Å²) in [6, 6.07) is 10.8. The van der Waals surface area contributed by atoms with E-state index in [4.69, 9.17) is 11.5 Å². The number of nitrogen functional groups attached to an aromatic ring is 2. The van der Waals surface area contributed by atoms with Crippen LogP contribution in [-0.2, 0) is 6.42 Å². The molecule has 0 amide bonds. The van der Waals surface area contributed by atoms with E-state index in [2.05, 4.69) is 72.8 Å². The number of allylic oxidation sites excluding steroid dienone is 2. The number of fused-ring (bicyclic) bond motifs is 2. The minimum absolute atomic E-state index is 0.310. The number of rotatable bonds is 4. The van der Waals surface area contributed by atoms with E-state index in [9.17, 15) is 0 Å². The first kappa shape index (κ1) is 19.1. The fraction of sp³-hybridized carbons (Fsp3) is 0.261. The molecule has 0 aliphatic heterocycles. The van der Waals surface area contributed by atoms with Gasteiger partial charge in [0, 0.05) is 11.6 Å². The quantitative estimate of drug-likeness (QED) is 0.413. The summed E-state index contributed by atoms with van der Waals surface area (Å²) in [6.07, 6.45) is 9.16. The van der Waals surface area contributed by atoms with Crippen LogP contribution < -0.4 is 11.5 Å². The van der Waals surface area contributed by atoms with Gasteiger partial charge in [-0.05, 0) is 64.9 Å². The Bertz CT molecular complexity index is 1290. The van der Waals surface area contributed by atoms with Gasteiger partial charge in [0.25, 0.3) is 0 Å². The Balaban J connectivity index is 1.37. The molecule has 6 nitrogen and oxygen atoms in total. The molecule has 7 heteroatoms. The molecule has 0 saturated heterocycles. The van der Waals surface area contributed by atoms with Crippen LogP contribution >= 0.6 is 15.9 Å². The topological polar surface area (TPSA) is 95.6 Å². The number of nitrogens with two attached hydrogens (primary N) is 2. The Kier molecular flexibility index (Phi) is 4.70. The molecule has 30 heavy (non-hydrogen) atoms. The normalized spacial score (nSPS) is 17.5. The fourth-order valence-electron chi connectivity index (χ4n) is 4.43. The second-order valence-corrected chi connectivity index (χ2v) is 8.91. The van der Waals surface area contributed by atoms with Crippen LogP contribution in [-0.4, -0.2) is 19.5 Å². The van der Waals surface area contributed by atoms with Crippen molar-refractivity contribution in [2.45, 2.75) is 32.2 Å². The van der Waals surface area contributed by atoms with Crippen LogP contribution in [0, 0.1) is 5.92 Å². The molecule has 0 spiro atoms. The molecule has 0 fully saturated rings. The molecular weight excluding hydrogens is 440 g/mol. The Labute approximate surface area is 183 Å². The van der Waals surface area contributed by atoms with Gasteiger partial charge >= 0.3 is 0 Å². The molecule has 0 bridgehead atoms. The standard InChI is InChI=1S/C23H23BrN6/c1-13(8-14-2-3-16-11-19(24)22(26)29-20(16)9-14)15-4-5-17(10-15)30-7-6-18-21(25)27-12-28-23(18)30/h2-3,6-7,9-13,17H,4-5,8H2,1H3,(H2,26,29)(H2,25,27,28). The SMILES string of the molecule is CC(Cc1ccc2cc(Br)c(N)nc2c1)C1=CC(n2ccc3c(N)ncnc32)CC1. The third-order valence-corrected chi connectivity index (χ3v) is 6.71. The number of hydrogen-bond acceptors (Lipinski definition) is 5. The first-order valence-corrected chi connectivity index (χ1v) is 10.9. The second-order valence-electron chi connectivity index (χ2n) is 8.05. The summed E-state index contributed by atoms with van der Waals surface area (Å²) in [7, 11) is 0. The Morgan fingerprint density at radius 1 is 1.17 bits per heavy atom. The van der Waals surface area contributed by atoms with E-state index in [-0.39, 0.29) is 0 Å². The highest BCUT2D eigenvalue weighted by molar-refractivity contribution is 9.10. The minimum Gasteiger partial charge on any atom is -0.383 e. The largest absolute Gasteiger partial charge is 0.383 e. The number of nitrogens with zero attached hydrogens (tertiary/aromatic N) is 4. The van der Waals surface area contributed by atoms with Crippen LogP contribution in [0.3, 0.4) is 0 Å². The van der Waals surface area contributed by atoms with Crippen molar-refractivity contribution in [1.29, 1.82) is 0 Å². The lowest BCUT2D eigenvalue weighted by molar-refractivity contribution is 0.595. The average molecular weight is 463 g/mol. The Morgan fingerprint density at radius 2 is 2.03 bits per heavy atom. The number of pyridine rings is 1. The van der Waals surface area contributed by atoms with Crippen molar-refractivity contribution < 1.29 is 0 Å². The van der Waals surface area contributed by atoms with Crippen LogP contribution in [0.1, 0.15) is 31.4 Å². The summed E-state index contributed by atoms with van der Waals surface area (Å²) in [6.45, 7) is 2.30. The van der Waals surface area contributed by atoms with Gasteiger partial charge in [-0.1, -0.05) is 30.7 Å². The predicted octanol–water partition coefficient (Wildman–Crippen LogP) is 5.05. The fourth-order valence-corrected chi connectivity index (χ4v) is 4.77. The van der Waals surface area contributed by atoms with Crippen molar-refractivity contribution in [2.24, 2.45) is 5.92 Å². The van der Waals surface area contributed by atoms with Crippen LogP contribution in [0.2, 0.25) is 0 Å². The predicted molar refractivity (Wildman–Crippen MR) is 125 cm³/mol. The number of benzene rings is 1. The van der Waals surface area contributed by atoms with Gasteiger partial charge in [0.2, 0.25) is 0 Å². The molecule has 0 radical (unpaired) electrons. The van der Waals surface area contributed by atoms with Crippen LogP contribution in [0.5, 0.6) is 0 Å². The smallest absolute Gasteiger partial charge is 0.146 e. The van der Waals surface area contributed by atoms with E-state index in [0.717, 1.165) is 45.7 Å². The molecule has 3 aromatic heterocycles. The number of hydrogen-bond donors (Lipinski definition) is 2. The summed E-state index contributed by atoms with van der Waals surface area (Å²) in [5.74, 6) is 1.52. The zero-order chi connectivity index (χ0) is 20.8. The van der Waals surface area contributed by atoms with Crippen molar-refractivity contribution in [3.05, 3.63) is 64.5 Å². The maximum absolute atomic E-state index is 5.99. The van der Waals surface area contributed by atoms with Gasteiger partial charge in [0.05, 0.1) is 21.4 Å². The molecule has 4 N–H and O–H groups in total. The van der Waals surface area contributed by atoms with Gasteiger partial charge in [-0.3, -0.25) is 0 Å². The molecular formula is C23H23BrN6. The van der Waals surface area contributed by atoms with Crippen molar-refractivity contribution in [2.75, 3.05) is 11.5 Å². The van der Waals surface area contributed by atoms with Crippen LogP contribution in [0.4, 0.5) is 11.6 Å². The molecule has 2 atom stereocenters.